The van der Waals surface area contributed by atoms with Crippen LogP contribution >= 0.6 is 0 Å². The smallest absolute Gasteiger partial charge is 0.408 e. The number of benzene rings is 1. The highest BCUT2D eigenvalue weighted by Gasteiger charge is 2.37. The van der Waals surface area contributed by atoms with Gasteiger partial charge < -0.3 is 37.1 Å². The van der Waals surface area contributed by atoms with Crippen LogP contribution in [0.4, 0.5) is 18.9 Å². The van der Waals surface area contributed by atoms with Crippen molar-refractivity contribution < 1.29 is 47.3 Å². The topological polar surface area (TPSA) is 206 Å². The predicted molar refractivity (Wildman–Crippen MR) is 134 cm³/mol. The number of amides is 2. The van der Waals surface area contributed by atoms with Crippen molar-refractivity contribution in [1.29, 1.82) is 0 Å². The molecule has 1 unspecified atom stereocenters. The first kappa shape index (κ1) is 32.2. The molecule has 8 N–H and O–H groups in total. The molecule has 0 aliphatic carbocycles. The van der Waals surface area contributed by atoms with Crippen molar-refractivity contribution in [3.8, 4) is 0 Å². The average Bonchev–Trinajstić information content (AvgIpc) is 2.85. The second kappa shape index (κ2) is 15.4. The summed E-state index contributed by atoms with van der Waals surface area (Å²) in [5.74, 6) is -3.93. The Bertz CT molecular complexity index is 1120. The summed E-state index contributed by atoms with van der Waals surface area (Å²) in [5, 5.41) is 20.9. The quantitative estimate of drug-likeness (QED) is 0.102. The van der Waals surface area contributed by atoms with Crippen LogP contribution in [-0.2, 0) is 23.9 Å². The molecule has 1 atom stereocenters. The van der Waals surface area contributed by atoms with Gasteiger partial charge in [0.2, 0.25) is 11.5 Å². The van der Waals surface area contributed by atoms with Gasteiger partial charge in [0, 0.05) is 36.4 Å². The molecule has 1 heterocycles. The van der Waals surface area contributed by atoms with Crippen molar-refractivity contribution in [1.82, 2.24) is 5.32 Å². The van der Waals surface area contributed by atoms with Crippen molar-refractivity contribution in [3.05, 3.63) is 66.6 Å². The van der Waals surface area contributed by atoms with Gasteiger partial charge in [-0.15, -0.1) is 0 Å². The standard InChI is InChI=1S/C20H24F3N5O3.C4H4O4/c21-20(22,23)13-26-18(25)28-15-9-11-31-19(12-15,17(24)30)10-5-4-8-16(29)27-14-6-2-1-3-7-14;5-3(6)1-2-4(7)8/h1-3,6-7,9,11-12H,4-5,8,10,13H2,(H2,24,30)(H,27,29)(H3,25,26,28);1-2H,(H,5,6)(H,7,8). The number of unbranched alkanes of at least 4 members (excludes halogenated alkanes) is 1. The number of ether oxygens (including phenoxy) is 1. The summed E-state index contributed by atoms with van der Waals surface area (Å²) in [6.45, 7) is -1.44. The van der Waals surface area contributed by atoms with Gasteiger partial charge in [0.05, 0.1) is 6.26 Å². The van der Waals surface area contributed by atoms with E-state index in [1.165, 1.54) is 18.4 Å². The Morgan fingerprint density at radius 1 is 1.00 bits per heavy atom. The lowest BCUT2D eigenvalue weighted by Gasteiger charge is -2.30. The summed E-state index contributed by atoms with van der Waals surface area (Å²) in [4.78, 5) is 46.3. The van der Waals surface area contributed by atoms with E-state index in [9.17, 15) is 32.3 Å². The number of para-hydroxylation sites is 1. The zero-order valence-corrected chi connectivity index (χ0v) is 20.5. The maximum absolute atomic E-state index is 12.2. The Balaban J connectivity index is 0.000000824. The molecule has 212 valence electrons. The first-order valence-corrected chi connectivity index (χ1v) is 11.2. The van der Waals surface area contributed by atoms with Gasteiger partial charge in [-0.2, -0.15) is 13.2 Å². The van der Waals surface area contributed by atoms with Gasteiger partial charge in [-0.05, 0) is 37.1 Å². The number of carboxylic acid groups (broad SMARTS) is 2. The maximum atomic E-state index is 12.2. The third-order valence-corrected chi connectivity index (χ3v) is 4.66. The number of aliphatic carboxylic acids is 2. The Morgan fingerprint density at radius 3 is 2.15 bits per heavy atom. The number of anilines is 1. The van der Waals surface area contributed by atoms with E-state index in [4.69, 9.17) is 26.4 Å². The summed E-state index contributed by atoms with van der Waals surface area (Å²) in [7, 11) is 0. The molecular formula is C24H28F3N5O7. The highest BCUT2D eigenvalue weighted by Crippen LogP contribution is 2.27. The van der Waals surface area contributed by atoms with Gasteiger partial charge >= 0.3 is 18.1 Å². The zero-order valence-electron chi connectivity index (χ0n) is 20.5. The molecule has 0 spiro atoms. The summed E-state index contributed by atoms with van der Waals surface area (Å²) >= 11 is 0. The van der Waals surface area contributed by atoms with Crippen LogP contribution in [0.2, 0.25) is 0 Å². The van der Waals surface area contributed by atoms with Gasteiger partial charge in [-0.3, -0.25) is 9.59 Å². The number of hydrogen-bond donors (Lipinski definition) is 6. The lowest BCUT2D eigenvalue weighted by Crippen LogP contribution is -2.46. The Kier molecular flexibility index (Phi) is 12.7. The van der Waals surface area contributed by atoms with Gasteiger partial charge in [0.15, 0.2) is 5.96 Å². The second-order valence-electron chi connectivity index (χ2n) is 7.85. The lowest BCUT2D eigenvalue weighted by molar-refractivity contribution is -0.134. The number of guanidine groups is 1. The number of rotatable bonds is 11. The predicted octanol–water partition coefficient (Wildman–Crippen LogP) is 2.02. The highest BCUT2D eigenvalue weighted by molar-refractivity contribution is 5.91. The van der Waals surface area contributed by atoms with Crippen molar-refractivity contribution in [3.63, 3.8) is 0 Å². The van der Waals surface area contributed by atoms with E-state index in [1.807, 2.05) is 6.07 Å². The Morgan fingerprint density at radius 2 is 1.62 bits per heavy atom. The Hall–Kier alpha value is -4.82. The van der Waals surface area contributed by atoms with Gasteiger partial charge in [0.1, 0.15) is 6.54 Å². The van der Waals surface area contributed by atoms with E-state index in [0.717, 1.165) is 0 Å². The first-order chi connectivity index (χ1) is 18.2. The molecule has 0 aromatic heterocycles. The average molecular weight is 556 g/mol. The van der Waals surface area contributed by atoms with Gasteiger partial charge in [-0.1, -0.05) is 18.2 Å². The van der Waals surface area contributed by atoms with Crippen LogP contribution in [0, 0.1) is 0 Å². The summed E-state index contributed by atoms with van der Waals surface area (Å²) < 4.78 is 42.2. The molecule has 39 heavy (non-hydrogen) atoms. The molecule has 1 aromatic rings. The van der Waals surface area contributed by atoms with Gasteiger partial charge in [-0.25, -0.2) is 14.6 Å². The lowest BCUT2D eigenvalue weighted by atomic mass is 9.92. The number of nitrogens with zero attached hydrogens (tertiary/aromatic N) is 1. The minimum absolute atomic E-state index is 0.163. The van der Waals surface area contributed by atoms with Crippen LogP contribution < -0.4 is 22.1 Å². The van der Waals surface area contributed by atoms with Crippen LogP contribution in [0.5, 0.6) is 0 Å². The van der Waals surface area contributed by atoms with Crippen molar-refractivity contribution in [2.75, 3.05) is 11.9 Å². The monoisotopic (exact) mass is 555 g/mol. The number of carbonyl (C=O) groups is 4. The molecule has 0 saturated carbocycles. The minimum Gasteiger partial charge on any atom is -0.481 e. The molecule has 0 fully saturated rings. The molecule has 0 bridgehead atoms. The number of primary amides is 1. The number of hydrogen-bond acceptors (Lipinski definition) is 6. The number of alkyl halides is 3. The minimum atomic E-state index is -4.49. The van der Waals surface area contributed by atoms with Crippen LogP contribution in [-0.4, -0.2) is 58.2 Å². The van der Waals surface area contributed by atoms with Crippen LogP contribution in [0.15, 0.2) is 71.6 Å². The van der Waals surface area contributed by atoms with Crippen LogP contribution in [0.1, 0.15) is 25.7 Å². The molecule has 15 heteroatoms. The number of nitrogens with one attached hydrogen (secondary N) is 2. The van der Waals surface area contributed by atoms with E-state index in [0.29, 0.717) is 30.7 Å². The van der Waals surface area contributed by atoms with E-state index in [2.05, 4.69) is 15.6 Å². The van der Waals surface area contributed by atoms with Crippen molar-refractivity contribution in [2.24, 2.45) is 16.5 Å². The molecule has 2 rings (SSSR count). The fraction of sp³-hybridized carbons (Fsp3) is 0.292. The third-order valence-electron chi connectivity index (χ3n) is 4.66. The summed E-state index contributed by atoms with van der Waals surface area (Å²) in [5.41, 5.74) is 10.3. The first-order valence-electron chi connectivity index (χ1n) is 11.2. The highest BCUT2D eigenvalue weighted by atomic mass is 19.4. The zero-order chi connectivity index (χ0) is 29.5. The molecule has 0 radical (unpaired) electrons. The number of nitrogens with two attached hydrogens (primary N) is 2. The molecule has 1 aliphatic heterocycles. The second-order valence-corrected chi connectivity index (χ2v) is 7.85. The maximum Gasteiger partial charge on any atom is 0.408 e. The van der Waals surface area contributed by atoms with Gasteiger partial charge in [0.25, 0.3) is 5.91 Å². The SMILES string of the molecule is NC(=O)C1(CCCCC(=O)Nc2ccccc2)C=C(NC(N)=NCC(F)(F)F)C=CO1.O=C(O)C=CC(=O)O. The largest absolute Gasteiger partial charge is 0.481 e. The van der Waals surface area contributed by atoms with E-state index >= 15 is 0 Å². The normalized spacial score (nSPS) is 16.8. The fourth-order valence-electron chi connectivity index (χ4n) is 2.95. The molecule has 1 aliphatic rings. The van der Waals surface area contributed by atoms with E-state index in [-0.39, 0.29) is 24.4 Å². The number of carbonyl (C=O) groups excluding carboxylic acids is 2. The third kappa shape index (κ3) is 13.9. The van der Waals surface area contributed by atoms with Crippen LogP contribution in [0.25, 0.3) is 0 Å². The van der Waals surface area contributed by atoms with E-state index < -0.39 is 42.1 Å². The summed E-state index contributed by atoms with van der Waals surface area (Å²) in [6, 6.07) is 8.98. The number of aliphatic imine (C=N–C) groups is 1. The van der Waals surface area contributed by atoms with E-state index in [1.54, 1.807) is 24.3 Å². The number of halogens is 3. The molecule has 0 saturated heterocycles. The fourth-order valence-corrected chi connectivity index (χ4v) is 2.95. The molecular weight excluding hydrogens is 527 g/mol. The molecule has 12 nitrogen and oxygen atoms in total. The molecule has 2 amide bonds. The van der Waals surface area contributed by atoms with Crippen LogP contribution in [0.3, 0.4) is 0 Å². The van der Waals surface area contributed by atoms with Crippen molar-refractivity contribution >= 4 is 35.4 Å². The van der Waals surface area contributed by atoms with Crippen molar-refractivity contribution in [2.45, 2.75) is 37.5 Å². The Labute approximate surface area is 220 Å². The summed E-state index contributed by atoms with van der Waals surface area (Å²) in [6.07, 6.45) is 1.83. The number of allylic oxidation sites excluding steroid dienone is 1. The molecule has 1 aromatic carbocycles. The number of carboxylic acids is 2.